The van der Waals surface area contributed by atoms with E-state index < -0.39 is 41.3 Å². The first-order valence-electron chi connectivity index (χ1n) is 15.8. The molecule has 2 unspecified atom stereocenters. The average molecular weight is 629 g/mol. The molecule has 3 N–H and O–H groups in total. The van der Waals surface area contributed by atoms with Gasteiger partial charge in [-0.2, -0.15) is 0 Å². The van der Waals surface area contributed by atoms with E-state index in [0.717, 1.165) is 11.3 Å². The number of halogens is 1. The minimum absolute atomic E-state index is 0.148. The molecular weight excluding hydrogens is 591 g/mol. The van der Waals surface area contributed by atoms with Gasteiger partial charge in [0.2, 0.25) is 17.7 Å². The number of hydrogen-bond acceptors (Lipinski definition) is 9. The highest BCUT2D eigenvalue weighted by molar-refractivity contribution is 5.89. The molecule has 4 bridgehead atoms. The highest BCUT2D eigenvalue weighted by atomic mass is 19.1. The first kappa shape index (κ1) is 30.2. The number of nitrogens with zero attached hydrogens (tertiary/aromatic N) is 2. The fraction of sp³-hybridized carbons (Fsp3) is 0.429. The number of Topliss-reactive ketones (excluding diaryl/α,β-unsaturated/α-hetero) is 1. The van der Waals surface area contributed by atoms with Gasteiger partial charge in [-0.15, -0.1) is 0 Å². The van der Waals surface area contributed by atoms with Gasteiger partial charge >= 0.3 is 0 Å². The summed E-state index contributed by atoms with van der Waals surface area (Å²) in [5.41, 5.74) is 2.61. The minimum Gasteiger partial charge on any atom is -0.469 e. The van der Waals surface area contributed by atoms with Crippen molar-refractivity contribution >= 4 is 17.4 Å². The highest BCUT2D eigenvalue weighted by Crippen LogP contribution is 2.59. The van der Waals surface area contributed by atoms with Gasteiger partial charge in [-0.3, -0.25) is 9.59 Å². The van der Waals surface area contributed by atoms with E-state index in [9.17, 15) is 14.7 Å². The fourth-order valence-electron chi connectivity index (χ4n) is 6.89. The second-order valence-corrected chi connectivity index (χ2v) is 13.2. The summed E-state index contributed by atoms with van der Waals surface area (Å²) in [6.45, 7) is 9.37. The van der Waals surface area contributed by atoms with Gasteiger partial charge in [0.25, 0.3) is 0 Å². The lowest BCUT2D eigenvalue weighted by Crippen LogP contribution is -2.41. The second kappa shape index (κ2) is 11.1. The molecule has 7 rings (SSSR count). The van der Waals surface area contributed by atoms with Crippen molar-refractivity contribution < 1.29 is 32.7 Å². The van der Waals surface area contributed by atoms with Gasteiger partial charge < -0.3 is 29.3 Å². The predicted molar refractivity (Wildman–Crippen MR) is 166 cm³/mol. The maximum absolute atomic E-state index is 15.1. The van der Waals surface area contributed by atoms with Crippen molar-refractivity contribution in [3.05, 3.63) is 82.5 Å². The summed E-state index contributed by atoms with van der Waals surface area (Å²) in [6, 6.07) is 9.48. The smallest absolute Gasteiger partial charge is 0.249 e. The summed E-state index contributed by atoms with van der Waals surface area (Å²) in [4.78, 5) is 36.7. The van der Waals surface area contributed by atoms with E-state index in [1.54, 1.807) is 26.2 Å². The number of oxazole rings is 2. The number of benzene rings is 2. The number of aromatic nitrogens is 2. The number of anilines is 1. The number of fused-ring (bicyclic) bond motifs is 4. The summed E-state index contributed by atoms with van der Waals surface area (Å²) in [7, 11) is 0. The van der Waals surface area contributed by atoms with E-state index in [1.807, 2.05) is 39.0 Å². The second-order valence-electron chi connectivity index (χ2n) is 13.2. The number of rotatable bonds is 7. The van der Waals surface area contributed by atoms with Crippen molar-refractivity contribution in [1.29, 1.82) is 0 Å². The van der Waals surface area contributed by atoms with E-state index >= 15 is 4.39 Å². The van der Waals surface area contributed by atoms with E-state index in [1.165, 1.54) is 12.1 Å². The van der Waals surface area contributed by atoms with Crippen LogP contribution in [0.25, 0.3) is 11.6 Å². The average Bonchev–Trinajstić information content (AvgIpc) is 3.79. The molecule has 1 spiro atoms. The molecule has 46 heavy (non-hydrogen) atoms. The lowest BCUT2D eigenvalue weighted by atomic mass is 9.72. The number of nitrogens with one attached hydrogen (secondary N) is 2. The van der Waals surface area contributed by atoms with E-state index in [4.69, 9.17) is 18.6 Å². The van der Waals surface area contributed by atoms with Crippen LogP contribution in [-0.2, 0) is 27.8 Å². The topological polar surface area (TPSA) is 140 Å². The molecule has 2 aromatic carbocycles. The van der Waals surface area contributed by atoms with Crippen LogP contribution in [0.15, 0.2) is 51.5 Å². The summed E-state index contributed by atoms with van der Waals surface area (Å²) in [6.07, 6.45) is 0.383. The molecule has 5 atom stereocenters. The largest absolute Gasteiger partial charge is 0.469 e. The summed E-state index contributed by atoms with van der Waals surface area (Å²) in [5.74, 6) is -1.05. The number of carbonyl (C=O) groups excluding carboxylic acids is 2. The van der Waals surface area contributed by atoms with Crippen LogP contribution in [0.2, 0.25) is 0 Å². The van der Waals surface area contributed by atoms with Crippen LogP contribution in [0.4, 0.5) is 10.1 Å². The zero-order valence-corrected chi connectivity index (χ0v) is 26.4. The van der Waals surface area contributed by atoms with E-state index in [0.29, 0.717) is 40.4 Å². The number of ketones is 1. The zero-order chi connectivity index (χ0) is 32.5. The Morgan fingerprint density at radius 3 is 2.63 bits per heavy atom. The molecule has 1 amide bonds. The first-order chi connectivity index (χ1) is 22.0. The normalized spacial score (nSPS) is 23.6. The number of carbonyl (C=O) groups is 2. The van der Waals surface area contributed by atoms with Gasteiger partial charge in [-0.1, -0.05) is 46.8 Å². The molecule has 10 nitrogen and oxygen atoms in total. The van der Waals surface area contributed by atoms with Crippen molar-refractivity contribution in [2.24, 2.45) is 17.8 Å². The molecule has 0 fully saturated rings. The van der Waals surface area contributed by atoms with Gasteiger partial charge in [0.05, 0.1) is 5.69 Å². The number of aryl methyl sites for hydroxylation is 1. The standard InChI is InChI=1S/C35H37FN4O6/c1-6-21-15-44-32(37-21)28-30-35-22-14-20(36)8-9-24(22)38-34(35)45-26-10-7-18(12-23(26)35)11-19(13-25(41)29(42)17(4)5)31(43)39-27(16(2)3)33(40-28)46-30/h7-10,12,14-17,19,27,29,34,38,42H,6,11,13H2,1-5H3,(H,39,43)/t19?,27-,29-,34-,35?/m0/s1. The summed E-state index contributed by atoms with van der Waals surface area (Å²) in [5, 5.41) is 17.1. The third-order valence-corrected chi connectivity index (χ3v) is 9.41. The van der Waals surface area contributed by atoms with Crippen LogP contribution >= 0.6 is 0 Å². The van der Waals surface area contributed by atoms with E-state index in [-0.39, 0.29) is 42.4 Å². The molecule has 0 saturated carbocycles. The van der Waals surface area contributed by atoms with Crippen molar-refractivity contribution in [1.82, 2.24) is 15.3 Å². The number of ether oxygens (including phenoxy) is 1. The predicted octanol–water partition coefficient (Wildman–Crippen LogP) is 5.47. The summed E-state index contributed by atoms with van der Waals surface area (Å²) >= 11 is 0. The molecule has 3 aliphatic rings. The molecule has 0 saturated heterocycles. The Morgan fingerprint density at radius 1 is 1.11 bits per heavy atom. The Bertz CT molecular complexity index is 1850. The third-order valence-electron chi connectivity index (χ3n) is 9.41. The maximum atomic E-state index is 15.1. The third kappa shape index (κ3) is 4.62. The molecule has 0 radical (unpaired) electrons. The Labute approximate surface area is 265 Å². The molecule has 240 valence electrons. The SMILES string of the molecule is CCc1coc(-c2nc3oc2C24c5cc(F)ccc5N[C@H]2Oc2ccc(cc24)CC(CC(=O)[C@@H](O)C(C)C)C(=O)N[C@H]3C(C)C)n1. The van der Waals surface area contributed by atoms with Crippen molar-refractivity contribution in [2.75, 3.05) is 5.32 Å². The molecule has 5 heterocycles. The van der Waals surface area contributed by atoms with Gasteiger partial charge in [-0.25, -0.2) is 14.4 Å². The Hall–Kier alpha value is -4.51. The molecule has 0 aliphatic carbocycles. The maximum Gasteiger partial charge on any atom is 0.249 e. The fourth-order valence-corrected chi connectivity index (χ4v) is 6.89. The molecule has 11 heteroatoms. The Balaban J connectivity index is 1.49. The van der Waals surface area contributed by atoms with Crippen LogP contribution in [0, 0.1) is 23.6 Å². The number of aliphatic hydroxyl groups is 1. The zero-order valence-electron chi connectivity index (χ0n) is 26.4. The Kier molecular flexibility index (Phi) is 7.26. The van der Waals surface area contributed by atoms with Gasteiger partial charge in [-0.05, 0) is 54.5 Å². The van der Waals surface area contributed by atoms with Crippen molar-refractivity contribution in [3.63, 3.8) is 0 Å². The molecule has 3 aliphatic heterocycles. The monoisotopic (exact) mass is 628 g/mol. The number of hydrogen-bond donors (Lipinski definition) is 3. The lowest BCUT2D eigenvalue weighted by molar-refractivity contribution is -0.135. The lowest BCUT2D eigenvalue weighted by Gasteiger charge is -2.28. The quantitative estimate of drug-likeness (QED) is 0.243. The van der Waals surface area contributed by atoms with Crippen LogP contribution < -0.4 is 15.4 Å². The van der Waals surface area contributed by atoms with Crippen LogP contribution in [-0.4, -0.2) is 39.1 Å². The molecular formula is C35H37FN4O6. The van der Waals surface area contributed by atoms with Crippen LogP contribution in [0.5, 0.6) is 5.75 Å². The van der Waals surface area contributed by atoms with Gasteiger partial charge in [0.1, 0.15) is 35.4 Å². The van der Waals surface area contributed by atoms with Crippen molar-refractivity contribution in [3.8, 4) is 17.3 Å². The highest BCUT2D eigenvalue weighted by Gasteiger charge is 2.61. The first-order valence-corrected chi connectivity index (χ1v) is 15.8. The minimum atomic E-state index is -1.20. The number of amides is 1. The van der Waals surface area contributed by atoms with Gasteiger partial charge in [0, 0.05) is 29.2 Å². The van der Waals surface area contributed by atoms with Crippen LogP contribution in [0.3, 0.4) is 0 Å². The molecule has 2 aromatic heterocycles. The Morgan fingerprint density at radius 2 is 1.91 bits per heavy atom. The van der Waals surface area contributed by atoms with Gasteiger partial charge in [0.15, 0.2) is 23.5 Å². The summed E-state index contributed by atoms with van der Waals surface area (Å²) < 4.78 is 34.3. The van der Waals surface area contributed by atoms with Crippen LogP contribution in [0.1, 0.15) is 81.1 Å². The van der Waals surface area contributed by atoms with E-state index in [2.05, 4.69) is 15.6 Å². The van der Waals surface area contributed by atoms with Crippen molar-refractivity contribution in [2.45, 2.75) is 77.7 Å². The number of aliphatic hydroxyl groups excluding tert-OH is 1. The molecule has 4 aromatic rings.